The molecule has 0 saturated carbocycles. The summed E-state index contributed by atoms with van der Waals surface area (Å²) in [6.07, 6.45) is 5.07. The van der Waals surface area contributed by atoms with Gasteiger partial charge in [-0.05, 0) is 55.8 Å². The predicted octanol–water partition coefficient (Wildman–Crippen LogP) is 2.86. The van der Waals surface area contributed by atoms with Gasteiger partial charge < -0.3 is 5.32 Å². The molecule has 1 aromatic rings. The molecule has 20 heavy (non-hydrogen) atoms. The first kappa shape index (κ1) is 14.1. The maximum absolute atomic E-state index is 3.72. The van der Waals surface area contributed by atoms with Crippen molar-refractivity contribution in [2.75, 3.05) is 19.6 Å². The Bertz CT molecular complexity index is 418. The van der Waals surface area contributed by atoms with E-state index in [0.717, 1.165) is 12.0 Å². The Kier molecular flexibility index (Phi) is 4.42. The minimum atomic E-state index is 0.712. The van der Waals surface area contributed by atoms with Crippen LogP contribution in [0.15, 0.2) is 24.3 Å². The molecule has 1 aliphatic heterocycles. The molecule has 2 unspecified atom stereocenters. The van der Waals surface area contributed by atoms with E-state index in [1.165, 1.54) is 45.3 Å². The van der Waals surface area contributed by atoms with Crippen molar-refractivity contribution >= 4 is 0 Å². The van der Waals surface area contributed by atoms with Crippen LogP contribution in [0.2, 0.25) is 0 Å². The third-order valence-electron chi connectivity index (χ3n) is 5.10. The van der Waals surface area contributed by atoms with Gasteiger partial charge in [0, 0.05) is 18.6 Å². The number of hydrogen-bond donors (Lipinski definition) is 1. The van der Waals surface area contributed by atoms with Gasteiger partial charge in [-0.3, -0.25) is 4.90 Å². The van der Waals surface area contributed by atoms with Crippen LogP contribution in [0.5, 0.6) is 0 Å². The van der Waals surface area contributed by atoms with Gasteiger partial charge in [0.1, 0.15) is 0 Å². The van der Waals surface area contributed by atoms with Crippen molar-refractivity contribution in [3.63, 3.8) is 0 Å². The summed E-state index contributed by atoms with van der Waals surface area (Å²) in [5.74, 6) is 0.757. The molecule has 1 fully saturated rings. The summed E-state index contributed by atoms with van der Waals surface area (Å²) in [4.78, 5) is 2.77. The van der Waals surface area contributed by atoms with E-state index in [0.29, 0.717) is 6.04 Å². The van der Waals surface area contributed by atoms with Crippen LogP contribution in [-0.4, -0.2) is 36.6 Å². The monoisotopic (exact) mass is 272 g/mol. The maximum Gasteiger partial charge on any atom is 0.0176 e. The summed E-state index contributed by atoms with van der Waals surface area (Å²) < 4.78 is 0. The average molecular weight is 272 g/mol. The molecule has 2 heteroatoms. The molecule has 2 aliphatic rings. The van der Waals surface area contributed by atoms with E-state index in [9.17, 15) is 0 Å². The van der Waals surface area contributed by atoms with E-state index in [1.54, 1.807) is 11.1 Å². The third-order valence-corrected chi connectivity index (χ3v) is 5.10. The zero-order valence-corrected chi connectivity index (χ0v) is 12.9. The van der Waals surface area contributed by atoms with Crippen LogP contribution in [0.25, 0.3) is 0 Å². The number of benzene rings is 1. The lowest BCUT2D eigenvalue weighted by molar-refractivity contribution is 0.148. The van der Waals surface area contributed by atoms with Crippen molar-refractivity contribution in [3.8, 4) is 0 Å². The molecular weight excluding hydrogens is 244 g/mol. The Morgan fingerprint density at radius 1 is 1.20 bits per heavy atom. The predicted molar refractivity (Wildman–Crippen MR) is 85.1 cm³/mol. The lowest BCUT2D eigenvalue weighted by Gasteiger charge is -2.35. The van der Waals surface area contributed by atoms with Gasteiger partial charge >= 0.3 is 0 Å². The van der Waals surface area contributed by atoms with E-state index >= 15 is 0 Å². The SMILES string of the molecule is CCC1CCN(C2Cc3ccccc3C2)CC(C)CN1. The second-order valence-electron chi connectivity index (χ2n) is 6.73. The Morgan fingerprint density at radius 2 is 1.90 bits per heavy atom. The molecular formula is C18H28N2. The van der Waals surface area contributed by atoms with Crippen LogP contribution < -0.4 is 5.32 Å². The molecule has 3 rings (SSSR count). The molecule has 0 aromatic heterocycles. The van der Waals surface area contributed by atoms with Crippen LogP contribution in [0.3, 0.4) is 0 Å². The molecule has 0 bridgehead atoms. The van der Waals surface area contributed by atoms with E-state index in [1.807, 2.05) is 0 Å². The zero-order valence-electron chi connectivity index (χ0n) is 12.9. The molecule has 2 atom stereocenters. The number of nitrogens with zero attached hydrogens (tertiary/aromatic N) is 1. The third kappa shape index (κ3) is 3.07. The van der Waals surface area contributed by atoms with Gasteiger partial charge in [-0.15, -0.1) is 0 Å². The molecule has 1 saturated heterocycles. The first-order valence-electron chi connectivity index (χ1n) is 8.30. The number of rotatable bonds is 2. The van der Waals surface area contributed by atoms with Crippen molar-refractivity contribution in [2.24, 2.45) is 5.92 Å². The van der Waals surface area contributed by atoms with Crippen molar-refractivity contribution in [2.45, 2.75) is 51.6 Å². The largest absolute Gasteiger partial charge is 0.314 e. The first-order chi connectivity index (χ1) is 9.76. The second-order valence-corrected chi connectivity index (χ2v) is 6.73. The highest BCUT2D eigenvalue weighted by Gasteiger charge is 2.28. The van der Waals surface area contributed by atoms with Crippen LogP contribution >= 0.6 is 0 Å². The minimum absolute atomic E-state index is 0.712. The van der Waals surface area contributed by atoms with Crippen LogP contribution in [0, 0.1) is 5.92 Å². The van der Waals surface area contributed by atoms with E-state index in [4.69, 9.17) is 0 Å². The van der Waals surface area contributed by atoms with E-state index in [2.05, 4.69) is 48.3 Å². The number of nitrogens with one attached hydrogen (secondary N) is 1. The fourth-order valence-electron chi connectivity index (χ4n) is 3.82. The smallest absolute Gasteiger partial charge is 0.0176 e. The highest BCUT2D eigenvalue weighted by Crippen LogP contribution is 2.26. The summed E-state index contributed by atoms with van der Waals surface area (Å²) >= 11 is 0. The topological polar surface area (TPSA) is 15.3 Å². The Labute approximate surface area is 123 Å². The van der Waals surface area contributed by atoms with Gasteiger partial charge in [-0.1, -0.05) is 38.1 Å². The molecule has 110 valence electrons. The fraction of sp³-hybridized carbons (Fsp3) is 0.667. The van der Waals surface area contributed by atoms with Crippen LogP contribution in [0.1, 0.15) is 37.8 Å². The van der Waals surface area contributed by atoms with Gasteiger partial charge in [-0.2, -0.15) is 0 Å². The normalized spacial score (nSPS) is 28.9. The van der Waals surface area contributed by atoms with Crippen molar-refractivity contribution < 1.29 is 0 Å². The summed E-state index contributed by atoms with van der Waals surface area (Å²) in [5, 5.41) is 3.72. The van der Waals surface area contributed by atoms with E-state index in [-0.39, 0.29) is 0 Å². The minimum Gasteiger partial charge on any atom is -0.314 e. The van der Waals surface area contributed by atoms with Gasteiger partial charge in [0.05, 0.1) is 0 Å². The average Bonchev–Trinajstić information content (AvgIpc) is 2.87. The Balaban J connectivity index is 1.67. The molecule has 1 N–H and O–H groups in total. The summed E-state index contributed by atoms with van der Waals surface area (Å²) in [6, 6.07) is 10.5. The molecule has 0 amide bonds. The van der Waals surface area contributed by atoms with E-state index < -0.39 is 0 Å². The fourth-order valence-corrected chi connectivity index (χ4v) is 3.82. The van der Waals surface area contributed by atoms with Gasteiger partial charge in [0.2, 0.25) is 0 Å². The standard InChI is InChI=1S/C18H28N2/c1-3-17-8-9-20(13-14(2)12-19-17)18-10-15-6-4-5-7-16(15)11-18/h4-7,14,17-19H,3,8-13H2,1-2H3. The number of hydrogen-bond acceptors (Lipinski definition) is 2. The summed E-state index contributed by atoms with van der Waals surface area (Å²) in [6.45, 7) is 8.38. The highest BCUT2D eigenvalue weighted by atomic mass is 15.2. The first-order valence-corrected chi connectivity index (χ1v) is 8.30. The van der Waals surface area contributed by atoms with Crippen molar-refractivity contribution in [1.82, 2.24) is 10.2 Å². The highest BCUT2D eigenvalue weighted by molar-refractivity contribution is 5.33. The quantitative estimate of drug-likeness (QED) is 0.890. The molecule has 1 heterocycles. The second kappa shape index (κ2) is 6.28. The summed E-state index contributed by atoms with van der Waals surface area (Å²) in [7, 11) is 0. The van der Waals surface area contributed by atoms with Gasteiger partial charge in [0.25, 0.3) is 0 Å². The van der Waals surface area contributed by atoms with Crippen molar-refractivity contribution in [1.29, 1.82) is 0 Å². The lowest BCUT2D eigenvalue weighted by atomic mass is 10.0. The summed E-state index contributed by atoms with van der Waals surface area (Å²) in [5.41, 5.74) is 3.16. The Morgan fingerprint density at radius 3 is 2.55 bits per heavy atom. The van der Waals surface area contributed by atoms with Crippen molar-refractivity contribution in [3.05, 3.63) is 35.4 Å². The van der Waals surface area contributed by atoms with Gasteiger partial charge in [-0.25, -0.2) is 0 Å². The molecule has 0 spiro atoms. The lowest BCUT2D eigenvalue weighted by Crippen LogP contribution is -2.47. The molecule has 1 aromatic carbocycles. The molecule has 0 radical (unpaired) electrons. The van der Waals surface area contributed by atoms with Crippen LogP contribution in [0.4, 0.5) is 0 Å². The molecule has 1 aliphatic carbocycles. The Hall–Kier alpha value is -0.860. The van der Waals surface area contributed by atoms with Gasteiger partial charge in [0.15, 0.2) is 0 Å². The molecule has 2 nitrogen and oxygen atoms in total. The van der Waals surface area contributed by atoms with Crippen LogP contribution in [-0.2, 0) is 12.8 Å². The zero-order chi connectivity index (χ0) is 13.9. The number of fused-ring (bicyclic) bond motifs is 1. The maximum atomic E-state index is 3.72.